The number of hydrogen-bond acceptors (Lipinski definition) is 8. The number of rotatable bonds is 7. The summed E-state index contributed by atoms with van der Waals surface area (Å²) in [7, 11) is 1.36. The van der Waals surface area contributed by atoms with E-state index in [9.17, 15) is 22.8 Å². The molecule has 0 bridgehead atoms. The van der Waals surface area contributed by atoms with Crippen molar-refractivity contribution in [2.24, 2.45) is 5.92 Å². The molecule has 0 radical (unpaired) electrons. The van der Waals surface area contributed by atoms with Crippen LogP contribution in [0.2, 0.25) is 5.15 Å². The molecule has 2 aromatic rings. The number of ketones is 1. The van der Waals surface area contributed by atoms with Crippen molar-refractivity contribution in [3.8, 4) is 0 Å². The molecule has 0 amide bonds. The van der Waals surface area contributed by atoms with E-state index < -0.39 is 40.5 Å². The number of H-pyrrole nitrogens is 1. The number of aromatic carboxylic acids is 1. The number of carbonyl (C=O) groups excluding carboxylic acids is 1. The zero-order chi connectivity index (χ0) is 23.8. The van der Waals surface area contributed by atoms with E-state index in [4.69, 9.17) is 26.9 Å². The molecule has 3 heterocycles. The average molecular weight is 494 g/mol. The molecule has 1 aliphatic heterocycles. The Bertz CT molecular complexity index is 1050. The maximum atomic E-state index is 13.2. The number of carbonyl (C=O) groups is 2. The van der Waals surface area contributed by atoms with Crippen LogP contribution in [0.5, 0.6) is 0 Å². The van der Waals surface area contributed by atoms with Crippen LogP contribution < -0.4 is 4.90 Å². The molecule has 1 aliphatic rings. The number of aryl methyl sites for hydroxylation is 1. The molecule has 14 heteroatoms. The molecule has 0 saturated carbocycles. The van der Waals surface area contributed by atoms with Gasteiger partial charge in [-0.3, -0.25) is 4.79 Å². The third-order valence-electron chi connectivity index (χ3n) is 5.12. The first-order chi connectivity index (χ1) is 15.0. The van der Waals surface area contributed by atoms with Gasteiger partial charge in [-0.25, -0.2) is 14.8 Å². The first kappa shape index (κ1) is 24.1. The second-order valence-electron chi connectivity index (χ2n) is 7.04. The molecule has 2 atom stereocenters. The van der Waals surface area contributed by atoms with Crippen molar-refractivity contribution in [2.75, 3.05) is 25.1 Å². The lowest BCUT2D eigenvalue weighted by atomic mass is 9.87. The largest absolute Gasteiger partial charge is 0.477 e. The highest BCUT2D eigenvalue weighted by Gasteiger charge is 2.42. The quantitative estimate of drug-likeness (QED) is 0.397. The van der Waals surface area contributed by atoms with Crippen molar-refractivity contribution in [1.82, 2.24) is 15.0 Å². The van der Waals surface area contributed by atoms with E-state index in [0.29, 0.717) is 23.5 Å². The summed E-state index contributed by atoms with van der Waals surface area (Å²) in [5, 5.41) is 17.5. The van der Waals surface area contributed by atoms with Crippen LogP contribution in [0, 0.1) is 11.3 Å². The number of nitrogens with one attached hydrogen (secondary N) is 2. The van der Waals surface area contributed by atoms with Gasteiger partial charge in [-0.15, -0.1) is 0 Å². The standard InChI is InChI=1S/C18H19ClF3N5O4S/c1-3-8-14(19)26-15(24-8)11(28)10(23)7-4-5-27(6-9(7)31-2)17-25-13(18(20,21)22)12(32-17)16(29)30/h7,9,23H,3-6H2,1-2H3,(H,24,26)(H,29,30)/t7?,9-/m0/s1. The van der Waals surface area contributed by atoms with Crippen LogP contribution in [0.1, 0.15) is 45.0 Å². The van der Waals surface area contributed by atoms with Crippen LogP contribution in [-0.4, -0.2) is 63.8 Å². The number of imidazole rings is 1. The molecule has 32 heavy (non-hydrogen) atoms. The zero-order valence-corrected chi connectivity index (χ0v) is 18.5. The molecular weight excluding hydrogens is 475 g/mol. The highest BCUT2D eigenvalue weighted by atomic mass is 35.5. The lowest BCUT2D eigenvalue weighted by molar-refractivity contribution is -0.141. The van der Waals surface area contributed by atoms with E-state index >= 15 is 0 Å². The van der Waals surface area contributed by atoms with Gasteiger partial charge in [0, 0.05) is 26.1 Å². The van der Waals surface area contributed by atoms with Crippen molar-refractivity contribution in [3.63, 3.8) is 0 Å². The van der Waals surface area contributed by atoms with Crippen LogP contribution in [0.15, 0.2) is 0 Å². The fourth-order valence-electron chi connectivity index (χ4n) is 3.47. The van der Waals surface area contributed by atoms with Gasteiger partial charge < -0.3 is 25.1 Å². The number of piperidine rings is 1. The number of ether oxygens (including phenoxy) is 1. The molecule has 3 rings (SSSR count). The van der Waals surface area contributed by atoms with Crippen LogP contribution in [-0.2, 0) is 17.3 Å². The normalized spacial score (nSPS) is 19.2. The molecule has 2 aromatic heterocycles. The van der Waals surface area contributed by atoms with Crippen molar-refractivity contribution < 1.29 is 32.6 Å². The Labute approximate surface area is 189 Å². The van der Waals surface area contributed by atoms with E-state index in [1.165, 1.54) is 12.0 Å². The highest BCUT2D eigenvalue weighted by Crippen LogP contribution is 2.38. The minimum Gasteiger partial charge on any atom is -0.477 e. The fraction of sp³-hybridized carbons (Fsp3) is 0.500. The number of carboxylic acid groups (broad SMARTS) is 1. The summed E-state index contributed by atoms with van der Waals surface area (Å²) in [5.74, 6) is -3.06. The molecule has 0 aromatic carbocycles. The number of carboxylic acids is 1. The summed E-state index contributed by atoms with van der Waals surface area (Å²) in [5.41, 5.74) is -1.14. The maximum Gasteiger partial charge on any atom is 0.435 e. The number of aromatic nitrogens is 3. The fourth-order valence-corrected chi connectivity index (χ4v) is 4.69. The van der Waals surface area contributed by atoms with E-state index in [1.54, 1.807) is 0 Å². The summed E-state index contributed by atoms with van der Waals surface area (Å²) in [6.45, 7) is 2.01. The monoisotopic (exact) mass is 493 g/mol. The Balaban J connectivity index is 1.80. The van der Waals surface area contributed by atoms with Gasteiger partial charge >= 0.3 is 12.1 Å². The number of alkyl halides is 3. The summed E-state index contributed by atoms with van der Waals surface area (Å²) >= 11 is 6.39. The topological polar surface area (TPSA) is 132 Å². The van der Waals surface area contributed by atoms with Gasteiger partial charge in [0.15, 0.2) is 21.8 Å². The van der Waals surface area contributed by atoms with Gasteiger partial charge in [0.2, 0.25) is 5.78 Å². The van der Waals surface area contributed by atoms with Gasteiger partial charge in [0.05, 0.1) is 17.5 Å². The lowest BCUT2D eigenvalue weighted by Gasteiger charge is -2.37. The number of thiazole rings is 1. The number of anilines is 1. The molecular formula is C18H19ClF3N5O4S. The minimum absolute atomic E-state index is 0.0276. The van der Waals surface area contributed by atoms with Crippen molar-refractivity contribution >= 4 is 45.5 Å². The SMILES string of the molecule is CCc1[nH]c(C(=O)C(=N)C2CCN(c3nc(C(F)(F)F)c(C(=O)O)s3)C[C@@H]2OC)nc1Cl. The van der Waals surface area contributed by atoms with E-state index in [0.717, 1.165) is 0 Å². The number of nitrogens with zero attached hydrogens (tertiary/aromatic N) is 3. The van der Waals surface area contributed by atoms with Crippen molar-refractivity contribution in [3.05, 3.63) is 27.2 Å². The highest BCUT2D eigenvalue weighted by molar-refractivity contribution is 7.17. The Morgan fingerprint density at radius 2 is 2.09 bits per heavy atom. The van der Waals surface area contributed by atoms with Crippen molar-refractivity contribution in [2.45, 2.75) is 32.0 Å². The van der Waals surface area contributed by atoms with Gasteiger partial charge in [-0.05, 0) is 12.8 Å². The molecule has 3 N–H and O–H groups in total. The van der Waals surface area contributed by atoms with Crippen LogP contribution in [0.25, 0.3) is 0 Å². The molecule has 1 fully saturated rings. The first-order valence-corrected chi connectivity index (χ1v) is 10.6. The molecule has 0 spiro atoms. The average Bonchev–Trinajstić information content (AvgIpc) is 3.36. The van der Waals surface area contributed by atoms with Gasteiger partial charge in [0.1, 0.15) is 4.88 Å². The first-order valence-electron chi connectivity index (χ1n) is 9.44. The molecule has 174 valence electrons. The van der Waals surface area contributed by atoms with Crippen molar-refractivity contribution in [1.29, 1.82) is 5.41 Å². The predicted molar refractivity (Wildman–Crippen MR) is 110 cm³/mol. The summed E-state index contributed by atoms with van der Waals surface area (Å²) in [6, 6.07) is 0. The molecule has 9 nitrogen and oxygen atoms in total. The number of Topliss-reactive ketones (excluding diaryl/α,β-unsaturated/α-hetero) is 1. The second kappa shape index (κ2) is 9.16. The molecule has 0 aliphatic carbocycles. The number of methoxy groups -OCH3 is 1. The van der Waals surface area contributed by atoms with Crippen LogP contribution in [0.3, 0.4) is 0 Å². The zero-order valence-electron chi connectivity index (χ0n) is 16.9. The second-order valence-corrected chi connectivity index (χ2v) is 8.38. The van der Waals surface area contributed by atoms with Crippen LogP contribution >= 0.6 is 22.9 Å². The molecule has 1 unspecified atom stereocenters. The Hall–Kier alpha value is -2.51. The van der Waals surface area contributed by atoms with Gasteiger partial charge in [0.25, 0.3) is 0 Å². The van der Waals surface area contributed by atoms with E-state index in [-0.39, 0.29) is 41.3 Å². The maximum absolute atomic E-state index is 13.2. The molecule has 1 saturated heterocycles. The number of halogens is 4. The summed E-state index contributed by atoms with van der Waals surface area (Å²) in [6.07, 6.45) is -4.88. The minimum atomic E-state index is -4.91. The third-order valence-corrected chi connectivity index (χ3v) is 6.54. The van der Waals surface area contributed by atoms with Gasteiger partial charge in [-0.2, -0.15) is 13.2 Å². The number of hydrogen-bond donors (Lipinski definition) is 3. The lowest BCUT2D eigenvalue weighted by Crippen LogP contribution is -2.49. The Morgan fingerprint density at radius 1 is 1.41 bits per heavy atom. The Kier molecular flexibility index (Phi) is 6.91. The van der Waals surface area contributed by atoms with E-state index in [1.807, 2.05) is 6.92 Å². The van der Waals surface area contributed by atoms with E-state index in [2.05, 4.69) is 15.0 Å². The smallest absolute Gasteiger partial charge is 0.435 e. The summed E-state index contributed by atoms with van der Waals surface area (Å²) in [4.78, 5) is 34.8. The summed E-state index contributed by atoms with van der Waals surface area (Å²) < 4.78 is 44.9. The predicted octanol–water partition coefficient (Wildman–Crippen LogP) is 3.54. The number of aromatic amines is 1. The van der Waals surface area contributed by atoms with Crippen LogP contribution in [0.4, 0.5) is 18.3 Å². The third kappa shape index (κ3) is 4.64. The van der Waals surface area contributed by atoms with Gasteiger partial charge in [-0.1, -0.05) is 29.9 Å². The Morgan fingerprint density at radius 3 is 2.59 bits per heavy atom.